The van der Waals surface area contributed by atoms with Crippen molar-refractivity contribution in [1.82, 2.24) is 4.90 Å². The van der Waals surface area contributed by atoms with Crippen molar-refractivity contribution < 1.29 is 9.53 Å². The molecule has 0 aromatic rings. The Hall–Kier alpha value is -0.570. The highest BCUT2D eigenvalue weighted by Gasteiger charge is 2.19. The molecule has 0 saturated heterocycles. The van der Waals surface area contributed by atoms with E-state index < -0.39 is 0 Å². The van der Waals surface area contributed by atoms with Gasteiger partial charge in [-0.3, -0.25) is 4.79 Å². The van der Waals surface area contributed by atoms with Crippen molar-refractivity contribution in [3.63, 3.8) is 0 Å². The maximum Gasteiger partial charge on any atom is 0.307 e. The Morgan fingerprint density at radius 1 is 1.38 bits per heavy atom. The molecule has 0 heterocycles. The predicted octanol–water partition coefficient (Wildman–Crippen LogP) is 1.67. The van der Waals surface area contributed by atoms with E-state index in [1.165, 1.54) is 0 Å². The fourth-order valence-corrected chi connectivity index (χ4v) is 0.746. The molecule has 0 aliphatic carbocycles. The Balaban J connectivity index is 3.74. The molecule has 0 N–H and O–H groups in total. The van der Waals surface area contributed by atoms with Gasteiger partial charge in [-0.15, -0.1) is 0 Å². The van der Waals surface area contributed by atoms with Gasteiger partial charge >= 0.3 is 5.97 Å². The molecule has 0 atom stereocenters. The van der Waals surface area contributed by atoms with E-state index in [2.05, 4.69) is 0 Å². The molecule has 0 aliphatic rings. The molecule has 0 amide bonds. The van der Waals surface area contributed by atoms with Crippen molar-refractivity contribution in [3.8, 4) is 0 Å². The molecule has 0 aromatic heterocycles. The van der Waals surface area contributed by atoms with Gasteiger partial charge < -0.3 is 9.64 Å². The van der Waals surface area contributed by atoms with Crippen LogP contribution in [0.5, 0.6) is 0 Å². The van der Waals surface area contributed by atoms with E-state index in [0.717, 1.165) is 13.0 Å². The van der Waals surface area contributed by atoms with Crippen LogP contribution >= 0.6 is 0 Å². The fourth-order valence-electron chi connectivity index (χ4n) is 0.746. The molecule has 0 radical (unpaired) electrons. The predicted molar refractivity (Wildman–Crippen MR) is 53.6 cm³/mol. The van der Waals surface area contributed by atoms with E-state index in [0.29, 0.717) is 6.42 Å². The first-order valence-electron chi connectivity index (χ1n) is 4.74. The summed E-state index contributed by atoms with van der Waals surface area (Å²) in [7, 11) is 3.89. The second kappa shape index (κ2) is 5.22. The average Bonchev–Trinajstić information content (AvgIpc) is 2.00. The van der Waals surface area contributed by atoms with Crippen LogP contribution in [0, 0.1) is 0 Å². The van der Waals surface area contributed by atoms with Crippen LogP contribution in [-0.2, 0) is 9.53 Å². The Labute approximate surface area is 81.1 Å². The minimum Gasteiger partial charge on any atom is -0.460 e. The topological polar surface area (TPSA) is 29.5 Å². The summed E-state index contributed by atoms with van der Waals surface area (Å²) in [5.41, 5.74) is -0.316. The molecule has 3 nitrogen and oxygen atoms in total. The molecular weight excluding hydrogens is 166 g/mol. The smallest absolute Gasteiger partial charge is 0.307 e. The molecule has 0 rings (SSSR count). The minimum atomic E-state index is -0.316. The molecule has 0 fully saturated rings. The van der Waals surface area contributed by atoms with Gasteiger partial charge in [-0.2, -0.15) is 0 Å². The van der Waals surface area contributed by atoms with Crippen molar-refractivity contribution in [2.24, 2.45) is 0 Å². The van der Waals surface area contributed by atoms with Crippen LogP contribution in [0.2, 0.25) is 0 Å². The van der Waals surface area contributed by atoms with Gasteiger partial charge in [0.2, 0.25) is 0 Å². The van der Waals surface area contributed by atoms with E-state index in [1.807, 2.05) is 39.8 Å². The number of carbonyl (C=O) groups is 1. The highest BCUT2D eigenvalue weighted by molar-refractivity contribution is 5.70. The molecule has 13 heavy (non-hydrogen) atoms. The van der Waals surface area contributed by atoms with Gasteiger partial charge in [0.05, 0.1) is 6.42 Å². The van der Waals surface area contributed by atoms with E-state index in [9.17, 15) is 4.79 Å². The Morgan fingerprint density at radius 3 is 2.31 bits per heavy atom. The summed E-state index contributed by atoms with van der Waals surface area (Å²) in [6.07, 6.45) is 1.32. The molecule has 3 heteroatoms. The zero-order valence-corrected chi connectivity index (χ0v) is 9.39. The number of esters is 1. The number of carbonyl (C=O) groups excluding carboxylic acids is 1. The number of ether oxygens (including phenoxy) is 1. The zero-order chi connectivity index (χ0) is 10.5. The first-order valence-corrected chi connectivity index (χ1v) is 4.74. The van der Waals surface area contributed by atoms with Gasteiger partial charge in [0.25, 0.3) is 0 Å². The number of hydrogen-bond acceptors (Lipinski definition) is 3. The van der Waals surface area contributed by atoms with Crippen molar-refractivity contribution >= 4 is 5.97 Å². The SMILES string of the molecule is CCC(C)(C)OC(=O)CCN(C)C. The number of hydrogen-bond donors (Lipinski definition) is 0. The first-order chi connectivity index (χ1) is 5.87. The molecular formula is C10H21NO2. The summed E-state index contributed by atoms with van der Waals surface area (Å²) in [5, 5.41) is 0. The number of nitrogens with zero attached hydrogens (tertiary/aromatic N) is 1. The highest BCUT2D eigenvalue weighted by atomic mass is 16.6. The first kappa shape index (κ1) is 12.4. The minimum absolute atomic E-state index is 0.111. The summed E-state index contributed by atoms with van der Waals surface area (Å²) in [4.78, 5) is 13.2. The van der Waals surface area contributed by atoms with Crippen LogP contribution in [0.3, 0.4) is 0 Å². The van der Waals surface area contributed by atoms with Crippen LogP contribution in [0.1, 0.15) is 33.6 Å². The second-order valence-electron chi connectivity index (χ2n) is 4.14. The summed E-state index contributed by atoms with van der Waals surface area (Å²) < 4.78 is 5.27. The normalized spacial score (nSPS) is 11.8. The van der Waals surface area contributed by atoms with Crippen molar-refractivity contribution in [2.45, 2.75) is 39.2 Å². The Kier molecular flexibility index (Phi) is 4.99. The van der Waals surface area contributed by atoms with Crippen LogP contribution in [0.4, 0.5) is 0 Å². The molecule has 0 aliphatic heterocycles. The second-order valence-corrected chi connectivity index (χ2v) is 4.14. The van der Waals surface area contributed by atoms with Gasteiger partial charge in [-0.1, -0.05) is 6.92 Å². The maximum absolute atomic E-state index is 11.3. The maximum atomic E-state index is 11.3. The average molecular weight is 187 g/mol. The summed E-state index contributed by atoms with van der Waals surface area (Å²) in [6.45, 7) is 6.62. The lowest BCUT2D eigenvalue weighted by Crippen LogP contribution is -2.28. The highest BCUT2D eigenvalue weighted by Crippen LogP contribution is 2.14. The Bertz CT molecular complexity index is 164. The third-order valence-corrected chi connectivity index (χ3v) is 2.00. The van der Waals surface area contributed by atoms with Gasteiger partial charge in [-0.25, -0.2) is 0 Å². The van der Waals surface area contributed by atoms with E-state index >= 15 is 0 Å². The van der Waals surface area contributed by atoms with Crippen LogP contribution in [0.15, 0.2) is 0 Å². The zero-order valence-electron chi connectivity index (χ0n) is 9.39. The lowest BCUT2D eigenvalue weighted by Gasteiger charge is -2.23. The van der Waals surface area contributed by atoms with Gasteiger partial charge in [0.15, 0.2) is 0 Å². The monoisotopic (exact) mass is 187 g/mol. The van der Waals surface area contributed by atoms with Gasteiger partial charge in [-0.05, 0) is 34.4 Å². The third-order valence-electron chi connectivity index (χ3n) is 2.00. The Morgan fingerprint density at radius 2 is 1.92 bits per heavy atom. The van der Waals surface area contributed by atoms with Crippen LogP contribution in [0.25, 0.3) is 0 Å². The van der Waals surface area contributed by atoms with Crippen molar-refractivity contribution in [1.29, 1.82) is 0 Å². The largest absolute Gasteiger partial charge is 0.460 e. The lowest BCUT2D eigenvalue weighted by atomic mass is 10.1. The van der Waals surface area contributed by atoms with E-state index in [-0.39, 0.29) is 11.6 Å². The molecule has 78 valence electrons. The summed E-state index contributed by atoms with van der Waals surface area (Å²) >= 11 is 0. The molecule has 0 spiro atoms. The summed E-state index contributed by atoms with van der Waals surface area (Å²) in [6, 6.07) is 0. The molecule has 0 bridgehead atoms. The van der Waals surface area contributed by atoms with E-state index in [4.69, 9.17) is 4.74 Å². The lowest BCUT2D eigenvalue weighted by molar-refractivity contribution is -0.156. The van der Waals surface area contributed by atoms with Crippen molar-refractivity contribution in [2.75, 3.05) is 20.6 Å². The fraction of sp³-hybridized carbons (Fsp3) is 0.900. The van der Waals surface area contributed by atoms with Crippen LogP contribution in [-0.4, -0.2) is 37.1 Å². The molecule has 0 unspecified atom stereocenters. The van der Waals surface area contributed by atoms with E-state index in [1.54, 1.807) is 0 Å². The van der Waals surface area contributed by atoms with Crippen LogP contribution < -0.4 is 0 Å². The van der Waals surface area contributed by atoms with Crippen molar-refractivity contribution in [3.05, 3.63) is 0 Å². The van der Waals surface area contributed by atoms with Gasteiger partial charge in [0, 0.05) is 6.54 Å². The summed E-state index contributed by atoms with van der Waals surface area (Å²) in [5.74, 6) is -0.111. The molecule has 0 aromatic carbocycles. The number of rotatable bonds is 5. The standard InChI is InChI=1S/C10H21NO2/c1-6-10(2,3)13-9(12)7-8-11(4)5/h6-8H2,1-5H3. The third kappa shape index (κ3) is 6.58. The molecule has 0 saturated carbocycles. The van der Waals surface area contributed by atoms with Gasteiger partial charge in [0.1, 0.15) is 5.60 Å². The quantitative estimate of drug-likeness (QED) is 0.613.